The summed E-state index contributed by atoms with van der Waals surface area (Å²) in [6.45, 7) is 4.26. The van der Waals surface area contributed by atoms with Gasteiger partial charge in [0.25, 0.3) is 0 Å². The lowest BCUT2D eigenvalue weighted by atomic mass is 10.1. The summed E-state index contributed by atoms with van der Waals surface area (Å²) >= 11 is 0. The van der Waals surface area contributed by atoms with Gasteiger partial charge >= 0.3 is 6.03 Å². The van der Waals surface area contributed by atoms with Crippen LogP contribution >= 0.6 is 0 Å². The van der Waals surface area contributed by atoms with Crippen molar-refractivity contribution in [3.05, 3.63) is 0 Å². The predicted molar refractivity (Wildman–Crippen MR) is 69.2 cm³/mol. The minimum Gasteiger partial charge on any atom is -0.353 e. The van der Waals surface area contributed by atoms with E-state index in [2.05, 4.69) is 10.6 Å². The fraction of sp³-hybridized carbons (Fsp3) is 0.846. The van der Waals surface area contributed by atoms with Crippen LogP contribution in [0.15, 0.2) is 0 Å². The molecule has 3 amide bonds. The van der Waals surface area contributed by atoms with Gasteiger partial charge in [0.2, 0.25) is 5.91 Å². The fourth-order valence-electron chi connectivity index (χ4n) is 2.24. The van der Waals surface area contributed by atoms with Gasteiger partial charge in [0.1, 0.15) is 0 Å². The van der Waals surface area contributed by atoms with Crippen LogP contribution in [0.4, 0.5) is 4.79 Å². The molecule has 2 aliphatic rings. The molecule has 1 saturated carbocycles. The third kappa shape index (κ3) is 3.62. The van der Waals surface area contributed by atoms with Crippen molar-refractivity contribution < 1.29 is 9.59 Å². The number of piperidine rings is 1. The van der Waals surface area contributed by atoms with Crippen LogP contribution < -0.4 is 10.6 Å². The van der Waals surface area contributed by atoms with Crippen molar-refractivity contribution >= 4 is 11.9 Å². The van der Waals surface area contributed by atoms with Gasteiger partial charge < -0.3 is 15.5 Å². The monoisotopic (exact) mass is 253 g/mol. The Morgan fingerprint density at radius 3 is 2.39 bits per heavy atom. The van der Waals surface area contributed by atoms with E-state index < -0.39 is 0 Å². The smallest absolute Gasteiger partial charge is 0.317 e. The third-order valence-electron chi connectivity index (χ3n) is 3.60. The minimum absolute atomic E-state index is 0.0313. The van der Waals surface area contributed by atoms with E-state index >= 15 is 0 Å². The summed E-state index contributed by atoms with van der Waals surface area (Å²) in [5.74, 6) is 0.486. The number of carbonyl (C=O) groups is 2. The van der Waals surface area contributed by atoms with Crippen LogP contribution in [0.5, 0.6) is 0 Å². The molecule has 1 aliphatic heterocycles. The minimum atomic E-state index is 0.0313. The highest BCUT2D eigenvalue weighted by Crippen LogP contribution is 2.29. The molecule has 0 atom stereocenters. The molecule has 2 rings (SSSR count). The van der Waals surface area contributed by atoms with Gasteiger partial charge in [-0.3, -0.25) is 4.79 Å². The second-order valence-electron chi connectivity index (χ2n) is 5.28. The van der Waals surface area contributed by atoms with Gasteiger partial charge in [-0.05, 0) is 32.1 Å². The second-order valence-corrected chi connectivity index (χ2v) is 5.28. The molecule has 0 aromatic carbocycles. The Morgan fingerprint density at radius 1 is 1.17 bits per heavy atom. The zero-order valence-corrected chi connectivity index (χ0v) is 11.1. The van der Waals surface area contributed by atoms with Crippen molar-refractivity contribution in [2.45, 2.75) is 45.1 Å². The maximum absolute atomic E-state index is 11.7. The molecule has 0 bridgehead atoms. The van der Waals surface area contributed by atoms with E-state index in [1.807, 2.05) is 11.8 Å². The lowest BCUT2D eigenvalue weighted by Crippen LogP contribution is -2.49. The van der Waals surface area contributed by atoms with E-state index in [0.29, 0.717) is 0 Å². The van der Waals surface area contributed by atoms with Crippen LogP contribution in [0, 0.1) is 5.92 Å². The first-order valence-corrected chi connectivity index (χ1v) is 7.04. The molecule has 5 heteroatoms. The number of hydrogen-bond acceptors (Lipinski definition) is 2. The van der Waals surface area contributed by atoms with Gasteiger partial charge in [0.05, 0.1) is 0 Å². The standard InChI is InChI=1S/C13H23N3O2/c1-2-7-14-13(18)16-8-5-11(6-9-16)15-12(17)10-3-4-10/h10-11H,2-9H2,1H3,(H,14,18)(H,15,17). The molecule has 18 heavy (non-hydrogen) atoms. The molecule has 1 saturated heterocycles. The van der Waals surface area contributed by atoms with Crippen LogP contribution in [0.25, 0.3) is 0 Å². The summed E-state index contributed by atoms with van der Waals surface area (Å²) in [6.07, 6.45) is 4.80. The average Bonchev–Trinajstić information content (AvgIpc) is 3.21. The van der Waals surface area contributed by atoms with Crippen molar-refractivity contribution in [2.75, 3.05) is 19.6 Å². The quantitative estimate of drug-likeness (QED) is 0.788. The van der Waals surface area contributed by atoms with Crippen LogP contribution in [0.1, 0.15) is 39.0 Å². The summed E-state index contributed by atoms with van der Waals surface area (Å²) in [7, 11) is 0. The third-order valence-corrected chi connectivity index (χ3v) is 3.60. The van der Waals surface area contributed by atoms with Crippen LogP contribution in [0.3, 0.4) is 0 Å². The highest BCUT2D eigenvalue weighted by molar-refractivity contribution is 5.81. The highest BCUT2D eigenvalue weighted by Gasteiger charge is 2.32. The summed E-state index contributed by atoms with van der Waals surface area (Å²) in [6, 6.07) is 0.289. The molecule has 0 unspecified atom stereocenters. The summed E-state index contributed by atoms with van der Waals surface area (Å²) in [5.41, 5.74) is 0. The highest BCUT2D eigenvalue weighted by atomic mass is 16.2. The van der Waals surface area contributed by atoms with Crippen molar-refractivity contribution in [1.29, 1.82) is 0 Å². The van der Waals surface area contributed by atoms with Crippen LogP contribution in [-0.2, 0) is 4.79 Å². The number of hydrogen-bond donors (Lipinski definition) is 2. The molecule has 1 heterocycles. The zero-order chi connectivity index (χ0) is 13.0. The fourth-order valence-corrected chi connectivity index (χ4v) is 2.24. The normalized spacial score (nSPS) is 20.6. The molecule has 2 fully saturated rings. The van der Waals surface area contributed by atoms with Gasteiger partial charge in [-0.1, -0.05) is 6.92 Å². The van der Waals surface area contributed by atoms with E-state index in [9.17, 15) is 9.59 Å². The first-order chi connectivity index (χ1) is 8.70. The number of urea groups is 1. The van der Waals surface area contributed by atoms with Crippen molar-refractivity contribution in [3.63, 3.8) is 0 Å². The first-order valence-electron chi connectivity index (χ1n) is 7.04. The van der Waals surface area contributed by atoms with Gasteiger partial charge in [-0.15, -0.1) is 0 Å². The van der Waals surface area contributed by atoms with Gasteiger partial charge in [-0.2, -0.15) is 0 Å². The van der Waals surface area contributed by atoms with Gasteiger partial charge in [-0.25, -0.2) is 4.79 Å². The largest absolute Gasteiger partial charge is 0.353 e. The van der Waals surface area contributed by atoms with Crippen LogP contribution in [0.2, 0.25) is 0 Å². The maximum atomic E-state index is 11.7. The van der Waals surface area contributed by atoms with E-state index in [0.717, 1.165) is 51.7 Å². The molecule has 5 nitrogen and oxygen atoms in total. The number of nitrogens with one attached hydrogen (secondary N) is 2. The molecule has 0 aromatic rings. The molecule has 102 valence electrons. The van der Waals surface area contributed by atoms with Gasteiger partial charge in [0, 0.05) is 31.6 Å². The van der Waals surface area contributed by atoms with Crippen molar-refractivity contribution in [2.24, 2.45) is 5.92 Å². The van der Waals surface area contributed by atoms with Gasteiger partial charge in [0.15, 0.2) is 0 Å². The summed E-state index contributed by atoms with van der Waals surface area (Å²) < 4.78 is 0. The summed E-state index contributed by atoms with van der Waals surface area (Å²) in [5, 5.41) is 5.97. The van der Waals surface area contributed by atoms with E-state index in [-0.39, 0.29) is 23.9 Å². The van der Waals surface area contributed by atoms with E-state index in [1.54, 1.807) is 0 Å². The molecule has 0 aromatic heterocycles. The van der Waals surface area contributed by atoms with Crippen LogP contribution in [-0.4, -0.2) is 42.5 Å². The molecule has 0 spiro atoms. The number of rotatable bonds is 4. The second kappa shape index (κ2) is 6.07. The average molecular weight is 253 g/mol. The SMILES string of the molecule is CCCNC(=O)N1CCC(NC(=O)C2CC2)CC1. The predicted octanol–water partition coefficient (Wildman–Crippen LogP) is 1.10. The van der Waals surface area contributed by atoms with E-state index in [4.69, 9.17) is 0 Å². The Hall–Kier alpha value is -1.26. The lowest BCUT2D eigenvalue weighted by Gasteiger charge is -2.32. The van der Waals surface area contributed by atoms with Crippen molar-refractivity contribution in [1.82, 2.24) is 15.5 Å². The summed E-state index contributed by atoms with van der Waals surface area (Å²) in [4.78, 5) is 25.2. The topological polar surface area (TPSA) is 61.4 Å². The zero-order valence-electron chi connectivity index (χ0n) is 11.1. The number of carbonyl (C=O) groups excluding carboxylic acids is 2. The molecule has 1 aliphatic carbocycles. The first kappa shape index (κ1) is 13.2. The van der Waals surface area contributed by atoms with Crippen molar-refractivity contribution in [3.8, 4) is 0 Å². The Balaban J connectivity index is 1.67. The molecular weight excluding hydrogens is 230 g/mol. The Bertz CT molecular complexity index is 307. The molecular formula is C13H23N3O2. The molecule has 0 radical (unpaired) electrons. The number of nitrogens with zero attached hydrogens (tertiary/aromatic N) is 1. The number of amides is 3. The molecule has 2 N–H and O–H groups in total. The lowest BCUT2D eigenvalue weighted by molar-refractivity contribution is -0.123. The van der Waals surface area contributed by atoms with E-state index in [1.165, 1.54) is 0 Å². The maximum Gasteiger partial charge on any atom is 0.317 e. The Kier molecular flexibility index (Phi) is 4.44. The Labute approximate surface area is 108 Å². The Morgan fingerprint density at radius 2 is 1.83 bits per heavy atom. The number of likely N-dealkylation sites (tertiary alicyclic amines) is 1.